The highest BCUT2D eigenvalue weighted by molar-refractivity contribution is 6.06. The number of nitro groups is 3. The van der Waals surface area contributed by atoms with Gasteiger partial charge in [-0.15, -0.1) is 0 Å². The minimum atomic E-state index is -0.840. The van der Waals surface area contributed by atoms with Gasteiger partial charge in [-0.1, -0.05) is 0 Å². The number of benzene rings is 2. The minimum absolute atomic E-state index is 0.0573. The third-order valence-corrected chi connectivity index (χ3v) is 4.29. The lowest BCUT2D eigenvalue weighted by Gasteiger charge is -2.08. The van der Waals surface area contributed by atoms with Crippen LogP contribution in [-0.4, -0.2) is 39.4 Å². The number of anilines is 1. The number of nitro benzene ring substituents is 3. The van der Waals surface area contributed by atoms with Gasteiger partial charge in [-0.25, -0.2) is 5.43 Å². The van der Waals surface area contributed by atoms with Crippen LogP contribution in [0.25, 0.3) is 0 Å². The van der Waals surface area contributed by atoms with Crippen molar-refractivity contribution in [1.29, 1.82) is 0 Å². The number of amides is 2. The number of ether oxygens (including phenoxy) is 1. The Kier molecular flexibility index (Phi) is 8.24. The molecule has 178 valence electrons. The molecule has 0 heterocycles. The Balaban J connectivity index is 2.01. The van der Waals surface area contributed by atoms with Crippen molar-refractivity contribution < 1.29 is 29.1 Å². The summed E-state index contributed by atoms with van der Waals surface area (Å²) in [6.45, 7) is 1.41. The minimum Gasteiger partial charge on any atom is -0.496 e. The van der Waals surface area contributed by atoms with E-state index in [2.05, 4.69) is 15.8 Å². The summed E-state index contributed by atoms with van der Waals surface area (Å²) in [5, 5.41) is 39.2. The predicted molar refractivity (Wildman–Crippen MR) is 118 cm³/mol. The molecule has 15 nitrogen and oxygen atoms in total. The Morgan fingerprint density at radius 1 is 0.941 bits per heavy atom. The van der Waals surface area contributed by atoms with Gasteiger partial charge in [0.1, 0.15) is 11.4 Å². The van der Waals surface area contributed by atoms with Crippen LogP contribution in [0.5, 0.6) is 5.75 Å². The number of hydrogen-bond donors (Lipinski definition) is 2. The monoisotopic (exact) mass is 474 g/mol. The maximum absolute atomic E-state index is 12.2. The molecule has 0 unspecified atom stereocenters. The molecular weight excluding hydrogens is 456 g/mol. The van der Waals surface area contributed by atoms with Crippen molar-refractivity contribution in [3.05, 3.63) is 72.3 Å². The van der Waals surface area contributed by atoms with Gasteiger partial charge in [-0.2, -0.15) is 5.10 Å². The van der Waals surface area contributed by atoms with Crippen LogP contribution in [-0.2, 0) is 16.0 Å². The highest BCUT2D eigenvalue weighted by atomic mass is 16.6. The molecule has 2 amide bonds. The molecule has 0 radical (unpaired) electrons. The first-order chi connectivity index (χ1) is 16.0. The first-order valence-corrected chi connectivity index (χ1v) is 9.37. The molecule has 34 heavy (non-hydrogen) atoms. The van der Waals surface area contributed by atoms with Crippen LogP contribution in [0.3, 0.4) is 0 Å². The molecule has 0 aliphatic rings. The van der Waals surface area contributed by atoms with Gasteiger partial charge >= 0.3 is 0 Å². The quantitative estimate of drug-likeness (QED) is 0.294. The standard InChI is InChI=1S/C19H18N6O9/c1-11(7-18(26)20-15-6-5-14(34-2)10-17(15)25(32)33)21-22-19(27)8-12-3-4-13(23(28)29)9-16(12)24(30)31/h3-6,9-10H,7-8H2,1-2H3,(H,20,26)(H,22,27)/b21-11+. The van der Waals surface area contributed by atoms with Crippen LogP contribution in [0.15, 0.2) is 41.5 Å². The molecule has 0 aliphatic heterocycles. The SMILES string of the molecule is COc1ccc(NC(=O)C/C(C)=N/NC(=O)Cc2ccc([N+](=O)[O-])cc2[N+](=O)[O-])c([N+](=O)[O-])c1. The van der Waals surface area contributed by atoms with Crippen LogP contribution in [0.1, 0.15) is 18.9 Å². The second-order valence-corrected chi connectivity index (χ2v) is 6.75. The van der Waals surface area contributed by atoms with E-state index in [1.165, 1.54) is 26.2 Å². The fourth-order valence-electron chi connectivity index (χ4n) is 2.72. The van der Waals surface area contributed by atoms with E-state index in [0.717, 1.165) is 24.3 Å². The number of hydrogen-bond acceptors (Lipinski definition) is 10. The first kappa shape index (κ1) is 25.3. The molecule has 2 N–H and O–H groups in total. The van der Waals surface area contributed by atoms with Crippen molar-refractivity contribution in [1.82, 2.24) is 5.43 Å². The summed E-state index contributed by atoms with van der Waals surface area (Å²) in [7, 11) is 1.34. The van der Waals surface area contributed by atoms with E-state index < -0.39 is 44.4 Å². The lowest BCUT2D eigenvalue weighted by atomic mass is 10.1. The first-order valence-electron chi connectivity index (χ1n) is 9.37. The van der Waals surface area contributed by atoms with E-state index in [0.29, 0.717) is 0 Å². The number of hydrazone groups is 1. The third-order valence-electron chi connectivity index (χ3n) is 4.29. The molecule has 0 saturated carbocycles. The summed E-state index contributed by atoms with van der Waals surface area (Å²) in [5.41, 5.74) is 0.694. The van der Waals surface area contributed by atoms with E-state index >= 15 is 0 Å². The molecule has 0 bridgehead atoms. The van der Waals surface area contributed by atoms with E-state index in [1.807, 2.05) is 0 Å². The molecule has 2 rings (SSSR count). The summed E-state index contributed by atoms with van der Waals surface area (Å²) in [4.78, 5) is 55.1. The topological polar surface area (TPSA) is 209 Å². The Labute approximate surface area is 190 Å². The normalized spacial score (nSPS) is 10.8. The lowest BCUT2D eigenvalue weighted by molar-refractivity contribution is -0.394. The number of rotatable bonds is 10. The van der Waals surface area contributed by atoms with Crippen molar-refractivity contribution >= 4 is 40.3 Å². The zero-order valence-electron chi connectivity index (χ0n) is 17.8. The second kappa shape index (κ2) is 11.1. The second-order valence-electron chi connectivity index (χ2n) is 6.75. The average molecular weight is 474 g/mol. The van der Waals surface area contributed by atoms with Gasteiger partial charge in [0.05, 0.1) is 46.9 Å². The number of carbonyl (C=O) groups is 2. The van der Waals surface area contributed by atoms with Crippen molar-refractivity contribution in [2.45, 2.75) is 19.8 Å². The van der Waals surface area contributed by atoms with Crippen LogP contribution >= 0.6 is 0 Å². The molecule has 0 spiro atoms. The van der Waals surface area contributed by atoms with Crippen LogP contribution < -0.4 is 15.5 Å². The molecule has 0 saturated heterocycles. The van der Waals surface area contributed by atoms with Gasteiger partial charge in [0.15, 0.2) is 0 Å². The number of carbonyl (C=O) groups excluding carboxylic acids is 2. The largest absolute Gasteiger partial charge is 0.496 e. The van der Waals surface area contributed by atoms with Gasteiger partial charge in [-0.3, -0.25) is 39.9 Å². The van der Waals surface area contributed by atoms with E-state index in [4.69, 9.17) is 4.74 Å². The van der Waals surface area contributed by atoms with E-state index in [-0.39, 0.29) is 34.8 Å². The molecule has 0 fully saturated rings. The summed E-state index contributed by atoms with van der Waals surface area (Å²) < 4.78 is 4.92. The fourth-order valence-corrected chi connectivity index (χ4v) is 2.72. The van der Waals surface area contributed by atoms with Crippen molar-refractivity contribution in [2.24, 2.45) is 5.10 Å². The van der Waals surface area contributed by atoms with Gasteiger partial charge in [-0.05, 0) is 25.1 Å². The zero-order chi connectivity index (χ0) is 25.4. The molecular formula is C19H18N6O9. The maximum Gasteiger partial charge on any atom is 0.296 e. The van der Waals surface area contributed by atoms with E-state index in [9.17, 15) is 39.9 Å². The highest BCUT2D eigenvalue weighted by Gasteiger charge is 2.21. The molecule has 0 aliphatic carbocycles. The molecule has 0 atom stereocenters. The predicted octanol–water partition coefficient (Wildman–Crippen LogP) is 2.48. The Morgan fingerprint density at radius 3 is 2.21 bits per heavy atom. The van der Waals surface area contributed by atoms with Crippen molar-refractivity contribution in [2.75, 3.05) is 12.4 Å². The van der Waals surface area contributed by atoms with Gasteiger partial charge in [0.2, 0.25) is 11.8 Å². The zero-order valence-corrected chi connectivity index (χ0v) is 17.8. The third kappa shape index (κ3) is 6.78. The van der Waals surface area contributed by atoms with Crippen LogP contribution in [0.2, 0.25) is 0 Å². The summed E-state index contributed by atoms with van der Waals surface area (Å²) in [5.74, 6) is -1.17. The average Bonchev–Trinajstić information content (AvgIpc) is 2.77. The fraction of sp³-hybridized carbons (Fsp3) is 0.211. The molecule has 2 aromatic rings. The molecule has 15 heteroatoms. The van der Waals surface area contributed by atoms with Crippen LogP contribution in [0, 0.1) is 30.3 Å². The Hall–Kier alpha value is -4.95. The van der Waals surface area contributed by atoms with Crippen LogP contribution in [0.4, 0.5) is 22.7 Å². The van der Waals surface area contributed by atoms with Gasteiger partial charge in [0, 0.05) is 17.3 Å². The Bertz CT molecular complexity index is 1190. The molecule has 0 aromatic heterocycles. The lowest BCUT2D eigenvalue weighted by Crippen LogP contribution is -2.23. The van der Waals surface area contributed by atoms with E-state index in [1.54, 1.807) is 0 Å². The smallest absolute Gasteiger partial charge is 0.296 e. The Morgan fingerprint density at radius 2 is 1.62 bits per heavy atom. The number of non-ortho nitro benzene ring substituents is 1. The maximum atomic E-state index is 12.2. The summed E-state index contributed by atoms with van der Waals surface area (Å²) >= 11 is 0. The highest BCUT2D eigenvalue weighted by Crippen LogP contribution is 2.29. The van der Waals surface area contributed by atoms with Crippen molar-refractivity contribution in [3.8, 4) is 5.75 Å². The molecule has 2 aromatic carbocycles. The number of methoxy groups -OCH3 is 1. The summed E-state index contributed by atoms with van der Waals surface area (Å²) in [6.07, 6.45) is -0.809. The van der Waals surface area contributed by atoms with Crippen molar-refractivity contribution in [3.63, 3.8) is 0 Å². The number of nitrogens with one attached hydrogen (secondary N) is 2. The van der Waals surface area contributed by atoms with Gasteiger partial charge in [0.25, 0.3) is 17.1 Å². The van der Waals surface area contributed by atoms with Gasteiger partial charge < -0.3 is 10.1 Å². The summed E-state index contributed by atoms with van der Waals surface area (Å²) in [6, 6.07) is 6.77. The number of nitrogens with zero attached hydrogens (tertiary/aromatic N) is 4.